The number of primary amides is 1. The molecule has 1 fully saturated rings. The van der Waals surface area contributed by atoms with Crippen LogP contribution in [0.1, 0.15) is 43.9 Å². The zero-order valence-corrected chi connectivity index (χ0v) is 21.8. The van der Waals surface area contributed by atoms with Crippen molar-refractivity contribution < 1.29 is 34.8 Å². The van der Waals surface area contributed by atoms with Gasteiger partial charge in [0.25, 0.3) is 5.91 Å². The van der Waals surface area contributed by atoms with Crippen LogP contribution < -0.4 is 11.1 Å². The summed E-state index contributed by atoms with van der Waals surface area (Å²) in [7, 11) is 3.14. The van der Waals surface area contributed by atoms with Crippen LogP contribution in [0, 0.1) is 17.3 Å². The van der Waals surface area contributed by atoms with E-state index >= 15 is 0 Å². The Labute approximate surface area is 215 Å². The van der Waals surface area contributed by atoms with Crippen LogP contribution >= 0.6 is 0 Å². The van der Waals surface area contributed by atoms with Gasteiger partial charge in [0.2, 0.25) is 5.78 Å². The molecule has 0 aromatic heterocycles. The molecule has 200 valence electrons. The summed E-state index contributed by atoms with van der Waals surface area (Å²) in [6, 6.07) is 2.46. The highest BCUT2D eigenvalue weighted by molar-refractivity contribution is 6.24. The topological polar surface area (TPSA) is 173 Å². The first-order valence-corrected chi connectivity index (χ1v) is 12.3. The fraction of sp³-hybridized carbons (Fsp3) is 0.519. The number of aliphatic hydroxyl groups excluding tert-OH is 2. The number of fused-ring (bicyclic) bond motifs is 3. The molecule has 4 atom stereocenters. The molecule has 0 spiro atoms. The third-order valence-electron chi connectivity index (χ3n) is 7.65. The van der Waals surface area contributed by atoms with Gasteiger partial charge < -0.3 is 31.5 Å². The summed E-state index contributed by atoms with van der Waals surface area (Å²) in [5, 5.41) is 48.1. The van der Waals surface area contributed by atoms with Crippen molar-refractivity contribution in [3.63, 3.8) is 0 Å². The summed E-state index contributed by atoms with van der Waals surface area (Å²) in [5.74, 6) is -6.44. The number of nitrogens with zero attached hydrogens (tertiary/aromatic N) is 1. The van der Waals surface area contributed by atoms with Gasteiger partial charge in [0.05, 0.1) is 11.6 Å². The normalized spacial score (nSPS) is 27.8. The van der Waals surface area contributed by atoms with Gasteiger partial charge in [-0.05, 0) is 43.8 Å². The number of phenolic OH excluding ortho intramolecular Hbond substituents is 1. The molecule has 3 aliphatic carbocycles. The van der Waals surface area contributed by atoms with E-state index in [4.69, 9.17) is 5.73 Å². The van der Waals surface area contributed by atoms with Crippen molar-refractivity contribution in [2.24, 2.45) is 23.0 Å². The van der Waals surface area contributed by atoms with Crippen LogP contribution in [0.2, 0.25) is 0 Å². The maximum atomic E-state index is 13.8. The first-order valence-electron chi connectivity index (χ1n) is 12.3. The smallest absolute Gasteiger partial charge is 0.255 e. The highest BCUT2D eigenvalue weighted by Crippen LogP contribution is 2.52. The lowest BCUT2D eigenvalue weighted by atomic mass is 9.57. The molecule has 0 radical (unpaired) electrons. The van der Waals surface area contributed by atoms with Crippen LogP contribution in [-0.4, -0.2) is 75.1 Å². The van der Waals surface area contributed by atoms with Gasteiger partial charge in [-0.25, -0.2) is 0 Å². The van der Waals surface area contributed by atoms with Crippen LogP contribution in [0.3, 0.4) is 0 Å². The van der Waals surface area contributed by atoms with Crippen molar-refractivity contribution in [3.8, 4) is 5.75 Å². The summed E-state index contributed by atoms with van der Waals surface area (Å²) in [6.45, 7) is 7.24. The second-order valence-electron chi connectivity index (χ2n) is 11.7. The summed E-state index contributed by atoms with van der Waals surface area (Å²) in [4.78, 5) is 40.5. The van der Waals surface area contributed by atoms with Crippen molar-refractivity contribution >= 4 is 23.2 Å². The molecule has 0 heterocycles. The lowest BCUT2D eigenvalue weighted by Crippen LogP contribution is -2.65. The van der Waals surface area contributed by atoms with Crippen molar-refractivity contribution in [1.82, 2.24) is 10.2 Å². The molecular weight excluding hydrogens is 478 g/mol. The van der Waals surface area contributed by atoms with Crippen LogP contribution in [0.4, 0.5) is 0 Å². The number of nitrogens with one attached hydrogen (secondary N) is 1. The average molecular weight is 514 g/mol. The van der Waals surface area contributed by atoms with Gasteiger partial charge in [-0.1, -0.05) is 32.9 Å². The zero-order chi connectivity index (χ0) is 27.6. The Bertz CT molecular complexity index is 1260. The first-order chi connectivity index (χ1) is 17.1. The molecule has 3 aliphatic rings. The Morgan fingerprint density at radius 1 is 1.19 bits per heavy atom. The number of nitrogens with two attached hydrogens (primary N) is 1. The Balaban J connectivity index is 1.83. The molecule has 4 rings (SSSR count). The molecule has 0 bridgehead atoms. The third-order valence-corrected chi connectivity index (χ3v) is 7.65. The number of hydrogen-bond acceptors (Lipinski definition) is 9. The second-order valence-corrected chi connectivity index (χ2v) is 11.7. The fourth-order valence-corrected chi connectivity index (χ4v) is 5.98. The summed E-state index contributed by atoms with van der Waals surface area (Å²) < 4.78 is 0. The second kappa shape index (κ2) is 8.97. The maximum Gasteiger partial charge on any atom is 0.255 e. The number of ketones is 2. The number of rotatable bonds is 5. The first kappa shape index (κ1) is 26.8. The molecular formula is C27H35N3O7. The molecule has 10 nitrogen and oxygen atoms in total. The molecule has 1 aromatic rings. The minimum absolute atomic E-state index is 0.0206. The van der Waals surface area contributed by atoms with Gasteiger partial charge in [-0.2, -0.15) is 0 Å². The number of phenols is 1. The van der Waals surface area contributed by atoms with Crippen molar-refractivity contribution in [1.29, 1.82) is 0 Å². The molecule has 1 amide bonds. The maximum absolute atomic E-state index is 13.8. The summed E-state index contributed by atoms with van der Waals surface area (Å²) in [6.07, 6.45) is 0.346. The molecule has 7 N–H and O–H groups in total. The molecule has 0 saturated heterocycles. The van der Waals surface area contributed by atoms with Gasteiger partial charge in [-0.3, -0.25) is 19.3 Å². The van der Waals surface area contributed by atoms with Gasteiger partial charge in [0.15, 0.2) is 11.4 Å². The Morgan fingerprint density at radius 3 is 2.41 bits per heavy atom. The van der Waals surface area contributed by atoms with Crippen molar-refractivity contribution in [2.75, 3.05) is 20.6 Å². The number of likely N-dealkylation sites (N-methyl/N-ethyl adjacent to an activating group) is 1. The van der Waals surface area contributed by atoms with E-state index in [9.17, 15) is 34.8 Å². The highest BCUT2D eigenvalue weighted by Gasteiger charge is 2.64. The van der Waals surface area contributed by atoms with E-state index in [1.807, 2.05) is 0 Å². The molecule has 1 aromatic carbocycles. The van der Waals surface area contributed by atoms with Gasteiger partial charge in [-0.15, -0.1) is 0 Å². The molecule has 10 heteroatoms. The van der Waals surface area contributed by atoms with Gasteiger partial charge in [0.1, 0.15) is 22.8 Å². The van der Waals surface area contributed by atoms with E-state index in [1.165, 1.54) is 4.90 Å². The Morgan fingerprint density at radius 2 is 1.84 bits per heavy atom. The standard InChI is InChI=1S/C27H35N3O7/c1-26(2,3)11-29-10-13-7-6-12-8-14-9-15-19(30(4)5)22(33)18(25(28)36)24(35)27(15,37)23(34)17(14)21(32)16(12)20(13)31/h6-7,14-15,19,29,31-32,35,37H,8-11H2,1-5H3,(H2,28,36). The lowest BCUT2D eigenvalue weighted by molar-refractivity contribution is -0.153. The van der Waals surface area contributed by atoms with Crippen molar-refractivity contribution in [3.05, 3.63) is 45.7 Å². The van der Waals surface area contributed by atoms with Gasteiger partial charge in [0, 0.05) is 30.1 Å². The Kier molecular flexibility index (Phi) is 6.51. The largest absolute Gasteiger partial charge is 0.508 e. The Hall–Kier alpha value is -3.21. The highest BCUT2D eigenvalue weighted by atomic mass is 16.3. The number of Topliss-reactive ketones (excluding diaryl/α,β-unsaturated/α-hetero) is 2. The minimum Gasteiger partial charge on any atom is -0.508 e. The number of carbonyl (C=O) groups is 3. The third kappa shape index (κ3) is 4.13. The monoisotopic (exact) mass is 513 g/mol. The van der Waals surface area contributed by atoms with E-state index < -0.39 is 58.0 Å². The molecule has 1 saturated carbocycles. The number of benzene rings is 1. The van der Waals surface area contributed by atoms with Crippen LogP contribution in [0.5, 0.6) is 5.75 Å². The van der Waals surface area contributed by atoms with Crippen LogP contribution in [0.25, 0.3) is 5.76 Å². The number of carbonyl (C=O) groups excluding carboxylic acids is 3. The zero-order valence-electron chi connectivity index (χ0n) is 21.8. The van der Waals surface area contributed by atoms with E-state index in [-0.39, 0.29) is 35.1 Å². The van der Waals surface area contributed by atoms with E-state index in [0.29, 0.717) is 24.2 Å². The predicted molar refractivity (Wildman–Crippen MR) is 135 cm³/mol. The fourth-order valence-electron chi connectivity index (χ4n) is 5.98. The summed E-state index contributed by atoms with van der Waals surface area (Å²) in [5.41, 5.74) is 3.02. The van der Waals surface area contributed by atoms with Crippen molar-refractivity contribution in [2.45, 2.75) is 51.8 Å². The molecule has 37 heavy (non-hydrogen) atoms. The number of amides is 1. The number of hydrogen-bond donors (Lipinski definition) is 6. The minimum atomic E-state index is -2.63. The van der Waals surface area contributed by atoms with Crippen LogP contribution in [-0.2, 0) is 27.3 Å². The number of aliphatic hydroxyl groups is 3. The van der Waals surface area contributed by atoms with E-state index in [1.54, 1.807) is 26.2 Å². The predicted octanol–water partition coefficient (Wildman–Crippen LogP) is 1.10. The van der Waals surface area contributed by atoms with E-state index in [0.717, 1.165) is 0 Å². The van der Waals surface area contributed by atoms with E-state index in [2.05, 4.69) is 26.1 Å². The SMILES string of the molecule is CN(C)C1C(=O)C(C(N)=O)=C(O)C2(O)C(=O)C3=C(O)c4c(ccc(CNCC(C)(C)C)c4O)CC3CC12. The quantitative estimate of drug-likeness (QED) is 0.315. The molecule has 4 unspecified atom stereocenters. The molecule has 0 aliphatic heterocycles. The summed E-state index contributed by atoms with van der Waals surface area (Å²) >= 11 is 0. The number of aromatic hydroxyl groups is 1. The lowest BCUT2D eigenvalue weighted by Gasteiger charge is -2.50. The van der Waals surface area contributed by atoms with Crippen LogP contribution in [0.15, 0.2) is 29.0 Å². The van der Waals surface area contributed by atoms with Gasteiger partial charge >= 0.3 is 0 Å². The average Bonchev–Trinajstić information content (AvgIpc) is 2.76.